The largest absolute Gasteiger partial charge is 0.333 e. The lowest BCUT2D eigenvalue weighted by atomic mass is 10.2. The summed E-state index contributed by atoms with van der Waals surface area (Å²) in [5.41, 5.74) is 1.19. The first kappa shape index (κ1) is 13.5. The van der Waals surface area contributed by atoms with Gasteiger partial charge >= 0.3 is 6.03 Å². The summed E-state index contributed by atoms with van der Waals surface area (Å²) in [7, 11) is 1.81. The van der Waals surface area contributed by atoms with Gasteiger partial charge in [0.1, 0.15) is 0 Å². The van der Waals surface area contributed by atoms with E-state index in [1.807, 2.05) is 36.7 Å². The summed E-state index contributed by atoms with van der Waals surface area (Å²) in [6.45, 7) is 1.29. The number of rotatable bonds is 5. The lowest BCUT2D eigenvalue weighted by Crippen LogP contribution is -2.37. The molecule has 0 saturated carbocycles. The van der Waals surface area contributed by atoms with Crippen LogP contribution in [0.1, 0.15) is 10.4 Å². The number of likely N-dealkylation sites (N-methyl/N-ethyl adjacent to an activating group) is 1. The molecule has 1 N–H and O–H groups in total. The van der Waals surface area contributed by atoms with E-state index >= 15 is 0 Å². The summed E-state index contributed by atoms with van der Waals surface area (Å²) in [5.74, 6) is 0. The Labute approximate surface area is 117 Å². The zero-order chi connectivity index (χ0) is 13.5. The maximum absolute atomic E-state index is 11.9. The van der Waals surface area contributed by atoms with Crippen molar-refractivity contribution in [2.45, 2.75) is 13.0 Å². The van der Waals surface area contributed by atoms with Gasteiger partial charge in [-0.05, 0) is 35.6 Å². The van der Waals surface area contributed by atoms with E-state index in [-0.39, 0.29) is 6.03 Å². The number of aromatic nitrogens is 1. The van der Waals surface area contributed by atoms with Crippen LogP contribution in [0.3, 0.4) is 0 Å². The Morgan fingerprint density at radius 1 is 1.37 bits per heavy atom. The molecule has 0 unspecified atom stereocenters. The zero-order valence-corrected chi connectivity index (χ0v) is 11.7. The summed E-state index contributed by atoms with van der Waals surface area (Å²) in [6.07, 6.45) is 4.38. The van der Waals surface area contributed by atoms with Gasteiger partial charge in [0.15, 0.2) is 0 Å². The van der Waals surface area contributed by atoms with Gasteiger partial charge in [0, 0.05) is 30.9 Å². The molecule has 5 heteroatoms. The van der Waals surface area contributed by atoms with Crippen LogP contribution in [0, 0.1) is 0 Å². The second-order valence-corrected chi connectivity index (χ2v) is 5.30. The molecule has 0 aromatic carbocycles. The van der Waals surface area contributed by atoms with Crippen LogP contribution in [-0.4, -0.2) is 29.5 Å². The van der Waals surface area contributed by atoms with Crippen molar-refractivity contribution in [3.8, 4) is 0 Å². The maximum atomic E-state index is 11.9. The fraction of sp³-hybridized carbons (Fsp3) is 0.286. The van der Waals surface area contributed by atoms with E-state index in [9.17, 15) is 4.79 Å². The Kier molecular flexibility index (Phi) is 4.92. The molecule has 0 spiro atoms. The number of carbonyl (C=O) groups excluding carboxylic acids is 1. The molecular weight excluding hydrogens is 258 g/mol. The normalized spacial score (nSPS) is 10.2. The Hall–Kier alpha value is -1.88. The lowest BCUT2D eigenvalue weighted by molar-refractivity contribution is 0.209. The summed E-state index contributed by atoms with van der Waals surface area (Å²) in [5, 5.41) is 4.91. The summed E-state index contributed by atoms with van der Waals surface area (Å²) in [6, 6.07) is 7.90. The molecule has 2 amide bonds. The first-order valence-electron chi connectivity index (χ1n) is 6.16. The van der Waals surface area contributed by atoms with Gasteiger partial charge in [-0.25, -0.2) is 4.79 Å². The predicted molar refractivity (Wildman–Crippen MR) is 77.1 cm³/mol. The third-order valence-corrected chi connectivity index (χ3v) is 3.70. The van der Waals surface area contributed by atoms with Crippen molar-refractivity contribution >= 4 is 17.4 Å². The number of carbonyl (C=O) groups is 1. The van der Waals surface area contributed by atoms with Crippen molar-refractivity contribution in [3.63, 3.8) is 0 Å². The van der Waals surface area contributed by atoms with E-state index in [4.69, 9.17) is 0 Å². The molecule has 100 valence electrons. The molecule has 0 radical (unpaired) electrons. The molecule has 0 bridgehead atoms. The van der Waals surface area contributed by atoms with E-state index in [0.29, 0.717) is 13.1 Å². The number of urea groups is 1. The van der Waals surface area contributed by atoms with Gasteiger partial charge in [-0.1, -0.05) is 6.07 Å². The van der Waals surface area contributed by atoms with E-state index in [1.54, 1.807) is 28.6 Å². The summed E-state index contributed by atoms with van der Waals surface area (Å²) in [4.78, 5) is 18.7. The average Bonchev–Trinajstić information content (AvgIpc) is 2.96. The van der Waals surface area contributed by atoms with Crippen LogP contribution < -0.4 is 5.32 Å². The van der Waals surface area contributed by atoms with E-state index in [0.717, 1.165) is 11.3 Å². The highest BCUT2D eigenvalue weighted by atomic mass is 32.1. The van der Waals surface area contributed by atoms with Crippen LogP contribution >= 0.6 is 11.3 Å². The van der Waals surface area contributed by atoms with Crippen molar-refractivity contribution < 1.29 is 4.79 Å². The molecule has 0 fully saturated rings. The fourth-order valence-electron chi connectivity index (χ4n) is 1.66. The third-order valence-electron chi connectivity index (χ3n) is 2.83. The Morgan fingerprint density at radius 3 is 2.84 bits per heavy atom. The predicted octanol–water partition coefficient (Wildman–Crippen LogP) is 2.53. The summed E-state index contributed by atoms with van der Waals surface area (Å²) < 4.78 is 0. The smallest absolute Gasteiger partial charge is 0.317 e. The van der Waals surface area contributed by atoms with Gasteiger partial charge in [-0.15, -0.1) is 11.3 Å². The highest BCUT2D eigenvalue weighted by Crippen LogP contribution is 2.07. The Balaban J connectivity index is 1.73. The molecule has 2 heterocycles. The molecule has 2 rings (SSSR count). The molecule has 2 aromatic rings. The topological polar surface area (TPSA) is 45.2 Å². The van der Waals surface area contributed by atoms with Crippen molar-refractivity contribution in [2.24, 2.45) is 0 Å². The van der Waals surface area contributed by atoms with Crippen molar-refractivity contribution in [1.29, 1.82) is 0 Å². The zero-order valence-electron chi connectivity index (χ0n) is 10.9. The Bertz CT molecular complexity index is 499. The standard InChI is InChI=1S/C14H17N3OS/c1-17(9-6-12-4-7-15-8-5-12)14(18)16-11-13-3-2-10-19-13/h2-5,7-8,10H,6,9,11H2,1H3,(H,16,18). The van der Waals surface area contributed by atoms with Crippen LogP contribution in [0.25, 0.3) is 0 Å². The van der Waals surface area contributed by atoms with Crippen LogP contribution in [0.5, 0.6) is 0 Å². The molecule has 0 aliphatic heterocycles. The highest BCUT2D eigenvalue weighted by Gasteiger charge is 2.08. The van der Waals surface area contributed by atoms with Crippen molar-refractivity contribution in [1.82, 2.24) is 15.2 Å². The van der Waals surface area contributed by atoms with E-state index < -0.39 is 0 Å². The second kappa shape index (κ2) is 6.89. The maximum Gasteiger partial charge on any atom is 0.317 e. The number of pyridine rings is 1. The first-order valence-corrected chi connectivity index (χ1v) is 7.04. The van der Waals surface area contributed by atoms with Gasteiger partial charge in [0.05, 0.1) is 6.54 Å². The number of amides is 2. The van der Waals surface area contributed by atoms with Crippen LogP contribution in [0.15, 0.2) is 42.0 Å². The molecular formula is C14H17N3OS. The minimum absolute atomic E-state index is 0.0394. The molecule has 19 heavy (non-hydrogen) atoms. The first-order chi connectivity index (χ1) is 9.25. The van der Waals surface area contributed by atoms with Crippen LogP contribution in [-0.2, 0) is 13.0 Å². The highest BCUT2D eigenvalue weighted by molar-refractivity contribution is 7.09. The van der Waals surface area contributed by atoms with E-state index in [1.165, 1.54) is 5.56 Å². The minimum Gasteiger partial charge on any atom is -0.333 e. The number of hydrogen-bond donors (Lipinski definition) is 1. The molecule has 0 aliphatic rings. The number of hydrogen-bond acceptors (Lipinski definition) is 3. The summed E-state index contributed by atoms with van der Waals surface area (Å²) >= 11 is 1.65. The Morgan fingerprint density at radius 2 is 2.16 bits per heavy atom. The van der Waals surface area contributed by atoms with Gasteiger partial charge in [0.25, 0.3) is 0 Å². The van der Waals surface area contributed by atoms with Gasteiger partial charge in [0.2, 0.25) is 0 Å². The number of thiophene rings is 1. The molecule has 0 aliphatic carbocycles. The second-order valence-electron chi connectivity index (χ2n) is 4.27. The SMILES string of the molecule is CN(CCc1ccncc1)C(=O)NCc1cccs1. The van der Waals surface area contributed by atoms with Crippen LogP contribution in [0.4, 0.5) is 4.79 Å². The van der Waals surface area contributed by atoms with Crippen molar-refractivity contribution in [2.75, 3.05) is 13.6 Å². The fourth-order valence-corrected chi connectivity index (χ4v) is 2.30. The third kappa shape index (κ3) is 4.37. The van der Waals surface area contributed by atoms with Crippen molar-refractivity contribution in [3.05, 3.63) is 52.5 Å². The quantitative estimate of drug-likeness (QED) is 0.911. The van der Waals surface area contributed by atoms with Gasteiger partial charge in [-0.3, -0.25) is 4.98 Å². The number of nitrogens with one attached hydrogen (secondary N) is 1. The molecule has 4 nitrogen and oxygen atoms in total. The average molecular weight is 275 g/mol. The van der Waals surface area contributed by atoms with Gasteiger partial charge < -0.3 is 10.2 Å². The van der Waals surface area contributed by atoms with Crippen LogP contribution in [0.2, 0.25) is 0 Å². The monoisotopic (exact) mass is 275 g/mol. The molecule has 0 saturated heterocycles. The lowest BCUT2D eigenvalue weighted by Gasteiger charge is -2.17. The molecule has 0 atom stereocenters. The van der Waals surface area contributed by atoms with E-state index in [2.05, 4.69) is 10.3 Å². The number of nitrogens with zero attached hydrogens (tertiary/aromatic N) is 2. The minimum atomic E-state index is -0.0394. The van der Waals surface area contributed by atoms with Gasteiger partial charge in [-0.2, -0.15) is 0 Å². The molecule has 2 aromatic heterocycles.